The van der Waals surface area contributed by atoms with E-state index in [-0.39, 0.29) is 18.1 Å². The van der Waals surface area contributed by atoms with Crippen molar-refractivity contribution < 1.29 is 14.3 Å². The van der Waals surface area contributed by atoms with Gasteiger partial charge in [0.05, 0.1) is 29.8 Å². The quantitative estimate of drug-likeness (QED) is 0.865. The number of ether oxygens (including phenoxy) is 2. The van der Waals surface area contributed by atoms with E-state index in [4.69, 9.17) is 9.47 Å². The molecule has 0 unspecified atom stereocenters. The fourth-order valence-electron chi connectivity index (χ4n) is 3.10. The van der Waals surface area contributed by atoms with Crippen LogP contribution in [0, 0.1) is 19.8 Å². The van der Waals surface area contributed by atoms with Crippen molar-refractivity contribution in [1.82, 2.24) is 10.3 Å². The van der Waals surface area contributed by atoms with Gasteiger partial charge in [0, 0.05) is 18.1 Å². The van der Waals surface area contributed by atoms with Gasteiger partial charge in [0.25, 0.3) is 0 Å². The summed E-state index contributed by atoms with van der Waals surface area (Å²) in [6.45, 7) is 6.00. The number of aromatic nitrogens is 1. The Bertz CT molecular complexity index is 542. The Morgan fingerprint density at radius 3 is 2.87 bits per heavy atom. The summed E-state index contributed by atoms with van der Waals surface area (Å²) in [7, 11) is 0. The molecule has 0 aromatic carbocycles. The van der Waals surface area contributed by atoms with Gasteiger partial charge in [0.1, 0.15) is 6.10 Å². The number of nitrogens with zero attached hydrogens (tertiary/aromatic N) is 1. The fourth-order valence-corrected chi connectivity index (χ4v) is 4.04. The highest BCUT2D eigenvalue weighted by molar-refractivity contribution is 7.11. The van der Waals surface area contributed by atoms with E-state index in [1.807, 2.05) is 13.8 Å². The van der Waals surface area contributed by atoms with Crippen molar-refractivity contribution in [3.63, 3.8) is 0 Å². The molecule has 6 heteroatoms. The van der Waals surface area contributed by atoms with Gasteiger partial charge in [-0.15, -0.1) is 11.3 Å². The zero-order chi connectivity index (χ0) is 16.2. The standard InChI is InChI=1S/C17H26N2O3S/c1-11-16(23-12(2)18-11)8-17(20)19-14-6-7-21-10-15(14)22-9-13-4-3-5-13/h13-15H,3-10H2,1-2H3,(H,19,20)/t14-,15-/m1/s1. The summed E-state index contributed by atoms with van der Waals surface area (Å²) in [6.07, 6.45) is 5.08. The molecule has 1 amide bonds. The first kappa shape index (κ1) is 16.9. The molecule has 2 fully saturated rings. The van der Waals surface area contributed by atoms with Crippen molar-refractivity contribution in [2.75, 3.05) is 19.8 Å². The van der Waals surface area contributed by atoms with Crippen molar-refractivity contribution in [1.29, 1.82) is 0 Å². The maximum absolute atomic E-state index is 12.4. The zero-order valence-electron chi connectivity index (χ0n) is 14.0. The lowest BCUT2D eigenvalue weighted by Crippen LogP contribution is -2.50. The molecule has 2 heterocycles. The van der Waals surface area contributed by atoms with Gasteiger partial charge < -0.3 is 14.8 Å². The number of thiazole rings is 1. The van der Waals surface area contributed by atoms with E-state index in [0.717, 1.165) is 28.6 Å². The largest absolute Gasteiger partial charge is 0.379 e. The number of carbonyl (C=O) groups excluding carboxylic acids is 1. The molecule has 1 saturated heterocycles. The highest BCUT2D eigenvalue weighted by Gasteiger charge is 2.29. The lowest BCUT2D eigenvalue weighted by Gasteiger charge is -2.34. The van der Waals surface area contributed by atoms with Gasteiger partial charge in [-0.1, -0.05) is 6.42 Å². The van der Waals surface area contributed by atoms with Gasteiger partial charge in [-0.25, -0.2) is 4.98 Å². The molecule has 3 rings (SSSR count). The lowest BCUT2D eigenvalue weighted by molar-refractivity contribution is -0.126. The number of amides is 1. The normalized spacial score (nSPS) is 25.1. The second kappa shape index (κ2) is 7.73. The zero-order valence-corrected chi connectivity index (χ0v) is 14.8. The average Bonchev–Trinajstić information content (AvgIpc) is 2.77. The minimum absolute atomic E-state index is 0.0161. The third-order valence-electron chi connectivity index (χ3n) is 4.74. The van der Waals surface area contributed by atoms with Crippen LogP contribution in [0.25, 0.3) is 0 Å². The topological polar surface area (TPSA) is 60.5 Å². The predicted molar refractivity (Wildman–Crippen MR) is 89.7 cm³/mol. The molecule has 1 aromatic heterocycles. The fraction of sp³-hybridized carbons (Fsp3) is 0.765. The van der Waals surface area contributed by atoms with E-state index in [9.17, 15) is 4.79 Å². The van der Waals surface area contributed by atoms with Gasteiger partial charge >= 0.3 is 0 Å². The summed E-state index contributed by atoms with van der Waals surface area (Å²) in [5.41, 5.74) is 0.965. The van der Waals surface area contributed by atoms with E-state index in [2.05, 4.69) is 10.3 Å². The highest BCUT2D eigenvalue weighted by atomic mass is 32.1. The van der Waals surface area contributed by atoms with Crippen LogP contribution < -0.4 is 5.32 Å². The van der Waals surface area contributed by atoms with Crippen LogP contribution in [-0.2, 0) is 20.7 Å². The number of hydrogen-bond acceptors (Lipinski definition) is 5. The van der Waals surface area contributed by atoms with Gasteiger partial charge in [-0.05, 0) is 39.0 Å². The van der Waals surface area contributed by atoms with Gasteiger partial charge in [0.2, 0.25) is 5.91 Å². The molecular weight excluding hydrogens is 312 g/mol. The van der Waals surface area contributed by atoms with Crippen molar-refractivity contribution in [3.8, 4) is 0 Å². The van der Waals surface area contributed by atoms with Gasteiger partial charge in [-0.3, -0.25) is 4.79 Å². The van der Waals surface area contributed by atoms with Gasteiger partial charge in [0.15, 0.2) is 0 Å². The van der Waals surface area contributed by atoms with Gasteiger partial charge in [-0.2, -0.15) is 0 Å². The van der Waals surface area contributed by atoms with Crippen LogP contribution in [0.5, 0.6) is 0 Å². The first-order valence-electron chi connectivity index (χ1n) is 8.53. The maximum Gasteiger partial charge on any atom is 0.225 e. The average molecular weight is 338 g/mol. The summed E-state index contributed by atoms with van der Waals surface area (Å²) in [5, 5.41) is 4.16. The van der Waals surface area contributed by atoms with Crippen LogP contribution in [0.3, 0.4) is 0 Å². The van der Waals surface area contributed by atoms with E-state index in [1.54, 1.807) is 11.3 Å². The Kier molecular flexibility index (Phi) is 5.67. The van der Waals surface area contributed by atoms with Crippen LogP contribution in [0.1, 0.15) is 41.3 Å². The molecule has 2 aliphatic rings. The third kappa shape index (κ3) is 4.52. The predicted octanol–water partition coefficient (Wildman–Crippen LogP) is 2.39. The first-order valence-corrected chi connectivity index (χ1v) is 9.35. The third-order valence-corrected chi connectivity index (χ3v) is 5.81. The minimum Gasteiger partial charge on any atom is -0.379 e. The molecule has 1 aliphatic carbocycles. The molecule has 1 aliphatic heterocycles. The molecule has 1 saturated carbocycles. The molecule has 0 radical (unpaired) electrons. The number of nitrogens with one attached hydrogen (secondary N) is 1. The van der Waals surface area contributed by atoms with Crippen LogP contribution >= 0.6 is 11.3 Å². The molecule has 23 heavy (non-hydrogen) atoms. The van der Waals surface area contributed by atoms with Crippen molar-refractivity contribution in [3.05, 3.63) is 15.6 Å². The highest BCUT2D eigenvalue weighted by Crippen LogP contribution is 2.27. The van der Waals surface area contributed by atoms with E-state index < -0.39 is 0 Å². The SMILES string of the molecule is Cc1nc(C)c(CC(=O)N[C@@H]2CCOC[C@H]2OCC2CCC2)s1. The monoisotopic (exact) mass is 338 g/mol. The summed E-state index contributed by atoms with van der Waals surface area (Å²) in [5.74, 6) is 0.761. The Morgan fingerprint density at radius 2 is 2.22 bits per heavy atom. The summed E-state index contributed by atoms with van der Waals surface area (Å²) in [6, 6.07) is 0.0608. The molecule has 1 aromatic rings. The molecule has 0 spiro atoms. The lowest BCUT2D eigenvalue weighted by atomic mass is 9.86. The molecule has 128 valence electrons. The van der Waals surface area contributed by atoms with Crippen molar-refractivity contribution in [2.45, 2.75) is 58.1 Å². The Hall–Kier alpha value is -0.980. The Morgan fingerprint density at radius 1 is 1.39 bits per heavy atom. The molecule has 1 N–H and O–H groups in total. The number of hydrogen-bond donors (Lipinski definition) is 1. The van der Waals surface area contributed by atoms with E-state index >= 15 is 0 Å². The van der Waals surface area contributed by atoms with Crippen LogP contribution in [-0.4, -0.2) is 42.9 Å². The van der Waals surface area contributed by atoms with Crippen molar-refractivity contribution in [2.24, 2.45) is 5.92 Å². The molecular formula is C17H26N2O3S. The second-order valence-corrected chi connectivity index (χ2v) is 7.91. The number of carbonyl (C=O) groups is 1. The minimum atomic E-state index is -0.0161. The van der Waals surface area contributed by atoms with Crippen LogP contribution in [0.4, 0.5) is 0 Å². The Labute approximate surface area is 141 Å². The smallest absolute Gasteiger partial charge is 0.225 e. The first-order chi connectivity index (χ1) is 11.1. The molecule has 5 nitrogen and oxygen atoms in total. The molecule has 0 bridgehead atoms. The second-order valence-electron chi connectivity index (χ2n) is 6.62. The maximum atomic E-state index is 12.4. The van der Waals surface area contributed by atoms with E-state index in [1.165, 1.54) is 19.3 Å². The summed E-state index contributed by atoms with van der Waals surface area (Å²) >= 11 is 1.60. The Balaban J connectivity index is 1.51. The van der Waals surface area contributed by atoms with Crippen molar-refractivity contribution >= 4 is 17.2 Å². The number of rotatable bonds is 6. The summed E-state index contributed by atoms with van der Waals surface area (Å²) in [4.78, 5) is 17.8. The molecule has 2 atom stereocenters. The number of aryl methyl sites for hydroxylation is 2. The van der Waals surface area contributed by atoms with Crippen LogP contribution in [0.15, 0.2) is 0 Å². The van der Waals surface area contributed by atoms with E-state index in [0.29, 0.717) is 25.6 Å². The van der Waals surface area contributed by atoms with Crippen LogP contribution in [0.2, 0.25) is 0 Å². The summed E-state index contributed by atoms with van der Waals surface area (Å²) < 4.78 is 11.6.